The molecule has 0 aliphatic carbocycles. The van der Waals surface area contributed by atoms with Crippen molar-refractivity contribution in [1.82, 2.24) is 10.2 Å². The van der Waals surface area contributed by atoms with Crippen LogP contribution in [0.1, 0.15) is 29.2 Å². The lowest BCUT2D eigenvalue weighted by atomic mass is 9.95. The van der Waals surface area contributed by atoms with E-state index in [0.29, 0.717) is 6.42 Å². The average Bonchev–Trinajstić information content (AvgIpc) is 2.38. The lowest BCUT2D eigenvalue weighted by Crippen LogP contribution is -2.45. The van der Waals surface area contributed by atoms with Crippen molar-refractivity contribution < 1.29 is 4.39 Å². The highest BCUT2D eigenvalue weighted by Crippen LogP contribution is 2.28. The Bertz CT molecular complexity index is 392. The molecular formula is C15H24ClFN2. The molecule has 1 N–H and O–H groups in total. The van der Waals surface area contributed by atoms with Gasteiger partial charge in [0.15, 0.2) is 0 Å². The van der Waals surface area contributed by atoms with Gasteiger partial charge in [-0.15, -0.1) is 12.4 Å². The fourth-order valence-corrected chi connectivity index (χ4v) is 2.83. The minimum Gasteiger partial charge on any atom is -0.314 e. The predicted molar refractivity (Wildman–Crippen MR) is 80.9 cm³/mol. The number of halogens is 2. The second kappa shape index (κ2) is 7.83. The summed E-state index contributed by atoms with van der Waals surface area (Å²) >= 11 is 0. The molecule has 108 valence electrons. The van der Waals surface area contributed by atoms with E-state index < -0.39 is 0 Å². The largest absolute Gasteiger partial charge is 0.314 e. The Morgan fingerprint density at radius 2 is 1.95 bits per heavy atom. The highest BCUT2D eigenvalue weighted by Gasteiger charge is 2.22. The van der Waals surface area contributed by atoms with Crippen LogP contribution in [0, 0.1) is 13.8 Å². The molecule has 0 amide bonds. The first-order valence-electron chi connectivity index (χ1n) is 6.80. The van der Waals surface area contributed by atoms with Crippen molar-refractivity contribution in [2.24, 2.45) is 0 Å². The van der Waals surface area contributed by atoms with Gasteiger partial charge in [0, 0.05) is 32.2 Å². The van der Waals surface area contributed by atoms with Crippen LogP contribution in [0.2, 0.25) is 0 Å². The summed E-state index contributed by atoms with van der Waals surface area (Å²) in [5, 5.41) is 3.35. The maximum absolute atomic E-state index is 12.9. The normalized spacial score (nSPS) is 17.8. The van der Waals surface area contributed by atoms with Crippen LogP contribution in [0.15, 0.2) is 18.2 Å². The highest BCUT2D eigenvalue weighted by molar-refractivity contribution is 5.85. The topological polar surface area (TPSA) is 15.3 Å². The molecule has 2 rings (SSSR count). The van der Waals surface area contributed by atoms with Crippen LogP contribution in [0.4, 0.5) is 4.39 Å². The third-order valence-corrected chi connectivity index (χ3v) is 3.76. The molecule has 0 radical (unpaired) electrons. The average molecular weight is 287 g/mol. The third kappa shape index (κ3) is 4.16. The molecule has 0 unspecified atom stereocenters. The number of nitrogens with zero attached hydrogens (tertiary/aromatic N) is 1. The van der Waals surface area contributed by atoms with Crippen molar-refractivity contribution in [2.45, 2.75) is 26.3 Å². The number of hydrogen-bond acceptors (Lipinski definition) is 2. The van der Waals surface area contributed by atoms with Gasteiger partial charge < -0.3 is 5.32 Å². The molecule has 0 aromatic heterocycles. The Hall–Kier alpha value is -0.640. The summed E-state index contributed by atoms with van der Waals surface area (Å²) in [6.07, 6.45) is 0.601. The van der Waals surface area contributed by atoms with Crippen molar-refractivity contribution in [1.29, 1.82) is 0 Å². The first-order chi connectivity index (χ1) is 8.72. The molecule has 1 aromatic carbocycles. The molecule has 0 saturated carbocycles. The van der Waals surface area contributed by atoms with Gasteiger partial charge in [-0.25, -0.2) is 0 Å². The number of alkyl halides is 1. The summed E-state index contributed by atoms with van der Waals surface area (Å²) in [4.78, 5) is 2.41. The minimum absolute atomic E-state index is 0. The van der Waals surface area contributed by atoms with Crippen LogP contribution in [-0.2, 0) is 0 Å². The molecule has 1 heterocycles. The monoisotopic (exact) mass is 286 g/mol. The first kappa shape index (κ1) is 16.4. The van der Waals surface area contributed by atoms with E-state index >= 15 is 0 Å². The van der Waals surface area contributed by atoms with E-state index in [4.69, 9.17) is 0 Å². The van der Waals surface area contributed by atoms with E-state index in [2.05, 4.69) is 42.3 Å². The SMILES string of the molecule is Cc1ccc([C@@H](CCF)N2CCNCC2)c(C)c1.Cl. The molecule has 1 aromatic rings. The van der Waals surface area contributed by atoms with Gasteiger partial charge >= 0.3 is 0 Å². The van der Waals surface area contributed by atoms with Crippen LogP contribution in [-0.4, -0.2) is 37.8 Å². The number of benzene rings is 1. The molecule has 1 aliphatic heterocycles. The molecule has 1 saturated heterocycles. The molecule has 1 atom stereocenters. The Morgan fingerprint density at radius 1 is 1.26 bits per heavy atom. The smallest absolute Gasteiger partial charge is 0.0912 e. The molecule has 0 bridgehead atoms. The van der Waals surface area contributed by atoms with Crippen molar-refractivity contribution >= 4 is 12.4 Å². The van der Waals surface area contributed by atoms with E-state index in [1.54, 1.807) is 0 Å². The van der Waals surface area contributed by atoms with Crippen molar-refractivity contribution in [3.05, 3.63) is 34.9 Å². The number of piperazine rings is 1. The van der Waals surface area contributed by atoms with Crippen LogP contribution < -0.4 is 5.32 Å². The van der Waals surface area contributed by atoms with Gasteiger partial charge in [-0.1, -0.05) is 23.8 Å². The van der Waals surface area contributed by atoms with E-state index in [0.717, 1.165) is 26.2 Å². The van der Waals surface area contributed by atoms with Gasteiger partial charge in [0.2, 0.25) is 0 Å². The maximum atomic E-state index is 12.9. The van der Waals surface area contributed by atoms with Crippen molar-refractivity contribution in [3.8, 4) is 0 Å². The lowest BCUT2D eigenvalue weighted by Gasteiger charge is -2.35. The van der Waals surface area contributed by atoms with Crippen LogP contribution in [0.3, 0.4) is 0 Å². The second-order valence-corrected chi connectivity index (χ2v) is 5.14. The maximum Gasteiger partial charge on any atom is 0.0912 e. The number of hydrogen-bond donors (Lipinski definition) is 1. The van der Waals surface area contributed by atoms with E-state index in [1.807, 2.05) is 0 Å². The summed E-state index contributed by atoms with van der Waals surface area (Å²) in [7, 11) is 0. The summed E-state index contributed by atoms with van der Waals surface area (Å²) in [6.45, 7) is 8.03. The van der Waals surface area contributed by atoms with Crippen molar-refractivity contribution in [2.75, 3.05) is 32.9 Å². The summed E-state index contributed by atoms with van der Waals surface area (Å²) in [6, 6.07) is 6.74. The number of nitrogens with one attached hydrogen (secondary N) is 1. The molecule has 4 heteroatoms. The van der Waals surface area contributed by atoms with Gasteiger partial charge in [-0.2, -0.15) is 0 Å². The second-order valence-electron chi connectivity index (χ2n) is 5.14. The quantitative estimate of drug-likeness (QED) is 0.915. The van der Waals surface area contributed by atoms with E-state index in [-0.39, 0.29) is 25.1 Å². The molecule has 19 heavy (non-hydrogen) atoms. The fourth-order valence-electron chi connectivity index (χ4n) is 2.83. The Labute approximate surface area is 121 Å². The van der Waals surface area contributed by atoms with Gasteiger partial charge in [-0.3, -0.25) is 9.29 Å². The third-order valence-electron chi connectivity index (χ3n) is 3.76. The zero-order valence-electron chi connectivity index (χ0n) is 11.8. The van der Waals surface area contributed by atoms with Gasteiger partial charge in [0.05, 0.1) is 6.67 Å². The molecular weight excluding hydrogens is 263 g/mol. The van der Waals surface area contributed by atoms with Crippen LogP contribution >= 0.6 is 12.4 Å². The zero-order valence-corrected chi connectivity index (χ0v) is 12.6. The Kier molecular flexibility index (Phi) is 6.76. The lowest BCUT2D eigenvalue weighted by molar-refractivity contribution is 0.157. The minimum atomic E-state index is -0.248. The summed E-state index contributed by atoms with van der Waals surface area (Å²) in [5.41, 5.74) is 3.85. The number of aryl methyl sites for hydroxylation is 2. The Balaban J connectivity index is 0.00000180. The van der Waals surface area contributed by atoms with E-state index in [1.165, 1.54) is 16.7 Å². The van der Waals surface area contributed by atoms with Gasteiger partial charge in [-0.05, 0) is 31.4 Å². The predicted octanol–water partition coefficient (Wildman–Crippen LogP) is 3.03. The Morgan fingerprint density at radius 3 is 2.53 bits per heavy atom. The van der Waals surface area contributed by atoms with Crippen molar-refractivity contribution in [3.63, 3.8) is 0 Å². The highest BCUT2D eigenvalue weighted by atomic mass is 35.5. The standard InChI is InChI=1S/C15H23FN2.ClH/c1-12-3-4-14(13(2)11-12)15(5-6-16)18-9-7-17-8-10-18;/h3-4,11,15,17H,5-10H2,1-2H3;1H/t15-;/m1./s1. The van der Waals surface area contributed by atoms with Crippen LogP contribution in [0.25, 0.3) is 0 Å². The fraction of sp³-hybridized carbons (Fsp3) is 0.600. The number of rotatable bonds is 4. The molecule has 1 fully saturated rings. The molecule has 2 nitrogen and oxygen atoms in total. The van der Waals surface area contributed by atoms with E-state index in [9.17, 15) is 4.39 Å². The summed E-state index contributed by atoms with van der Waals surface area (Å²) < 4.78 is 12.9. The van der Waals surface area contributed by atoms with Crippen LogP contribution in [0.5, 0.6) is 0 Å². The first-order valence-corrected chi connectivity index (χ1v) is 6.80. The molecule has 1 aliphatic rings. The van der Waals surface area contributed by atoms with Gasteiger partial charge in [0.25, 0.3) is 0 Å². The summed E-state index contributed by atoms with van der Waals surface area (Å²) in [5.74, 6) is 0. The zero-order chi connectivity index (χ0) is 13.0. The molecule has 0 spiro atoms. The van der Waals surface area contributed by atoms with Gasteiger partial charge in [0.1, 0.15) is 0 Å².